The van der Waals surface area contributed by atoms with Crippen LogP contribution in [0.2, 0.25) is 5.28 Å². The zero-order chi connectivity index (χ0) is 15.7. The van der Waals surface area contributed by atoms with E-state index in [2.05, 4.69) is 51.8 Å². The number of nitrogens with one attached hydrogen (secondary N) is 1. The van der Waals surface area contributed by atoms with Crippen molar-refractivity contribution in [1.29, 1.82) is 0 Å². The van der Waals surface area contributed by atoms with E-state index < -0.39 is 0 Å². The second kappa shape index (κ2) is 5.88. The van der Waals surface area contributed by atoms with Crippen LogP contribution in [0.1, 0.15) is 58.1 Å². The van der Waals surface area contributed by atoms with Crippen molar-refractivity contribution in [1.82, 2.24) is 19.5 Å². The summed E-state index contributed by atoms with van der Waals surface area (Å²) >= 11 is 5.95. The summed E-state index contributed by atoms with van der Waals surface area (Å²) in [4.78, 5) is 12.9. The average Bonchev–Trinajstić information content (AvgIpc) is 3.07. The Labute approximate surface area is 136 Å². The quantitative estimate of drug-likeness (QED) is 0.847. The Hall–Kier alpha value is -1.62. The lowest BCUT2D eigenvalue weighted by atomic mass is 9.88. The van der Waals surface area contributed by atoms with Crippen LogP contribution in [0.5, 0.6) is 0 Å². The number of anilines is 2. The van der Waals surface area contributed by atoms with Crippen LogP contribution in [-0.2, 0) is 5.41 Å². The number of hydrogen-bond acceptors (Lipinski definition) is 4. The molecule has 0 unspecified atom stereocenters. The van der Waals surface area contributed by atoms with Crippen LogP contribution in [0.4, 0.5) is 11.6 Å². The highest BCUT2D eigenvalue weighted by Crippen LogP contribution is 2.32. The number of nitrogens with zero attached hydrogens (tertiary/aromatic N) is 4. The summed E-state index contributed by atoms with van der Waals surface area (Å²) in [5.74, 6) is 1.52. The standard InChI is InChI=1S/C16H22ClN5/c1-16(2,3)12-8-18-15(17)21-14(12)20-13-9-22(10-19-13)11-6-4-5-7-11/h8-11H,4-7H2,1-3H3,(H,18,20,21). The lowest BCUT2D eigenvalue weighted by Gasteiger charge is -2.21. The average molecular weight is 320 g/mol. The van der Waals surface area contributed by atoms with Crippen LogP contribution in [0.25, 0.3) is 0 Å². The molecule has 6 heteroatoms. The van der Waals surface area contributed by atoms with E-state index in [1.807, 2.05) is 6.33 Å². The molecule has 0 aromatic carbocycles. The van der Waals surface area contributed by atoms with Crippen LogP contribution < -0.4 is 5.32 Å². The zero-order valence-corrected chi connectivity index (χ0v) is 14.1. The topological polar surface area (TPSA) is 55.6 Å². The highest BCUT2D eigenvalue weighted by atomic mass is 35.5. The Morgan fingerprint density at radius 1 is 1.23 bits per heavy atom. The maximum absolute atomic E-state index is 5.95. The van der Waals surface area contributed by atoms with Crippen molar-refractivity contribution in [3.8, 4) is 0 Å². The molecule has 2 heterocycles. The smallest absolute Gasteiger partial charge is 0.224 e. The van der Waals surface area contributed by atoms with Crippen molar-refractivity contribution in [3.05, 3.63) is 29.6 Å². The summed E-state index contributed by atoms with van der Waals surface area (Å²) in [5.41, 5.74) is 0.952. The fraction of sp³-hybridized carbons (Fsp3) is 0.562. The summed E-state index contributed by atoms with van der Waals surface area (Å²) in [6.45, 7) is 6.38. The molecule has 2 aromatic rings. The van der Waals surface area contributed by atoms with Crippen LogP contribution in [0.3, 0.4) is 0 Å². The number of imidazole rings is 1. The normalized spacial score (nSPS) is 16.2. The Morgan fingerprint density at radius 3 is 2.64 bits per heavy atom. The Kier molecular flexibility index (Phi) is 4.08. The van der Waals surface area contributed by atoms with Crippen LogP contribution in [0, 0.1) is 0 Å². The third-order valence-corrected chi connectivity index (χ3v) is 4.34. The van der Waals surface area contributed by atoms with Gasteiger partial charge in [0.25, 0.3) is 0 Å². The van der Waals surface area contributed by atoms with Gasteiger partial charge in [0.05, 0.1) is 6.33 Å². The van der Waals surface area contributed by atoms with Gasteiger partial charge in [-0.05, 0) is 29.9 Å². The molecule has 1 saturated carbocycles. The molecule has 0 radical (unpaired) electrons. The van der Waals surface area contributed by atoms with Gasteiger partial charge in [-0.1, -0.05) is 33.6 Å². The molecule has 1 N–H and O–H groups in total. The van der Waals surface area contributed by atoms with Gasteiger partial charge in [-0.2, -0.15) is 0 Å². The highest BCUT2D eigenvalue weighted by Gasteiger charge is 2.21. The van der Waals surface area contributed by atoms with E-state index in [0.717, 1.165) is 17.2 Å². The van der Waals surface area contributed by atoms with Gasteiger partial charge in [-0.25, -0.2) is 15.0 Å². The first-order valence-electron chi connectivity index (χ1n) is 7.77. The van der Waals surface area contributed by atoms with E-state index in [1.54, 1.807) is 6.20 Å². The van der Waals surface area contributed by atoms with Gasteiger partial charge in [-0.3, -0.25) is 0 Å². The van der Waals surface area contributed by atoms with Crippen molar-refractivity contribution in [3.63, 3.8) is 0 Å². The van der Waals surface area contributed by atoms with Crippen LogP contribution >= 0.6 is 11.6 Å². The largest absolute Gasteiger partial charge is 0.332 e. The van der Waals surface area contributed by atoms with Gasteiger partial charge in [0.15, 0.2) is 0 Å². The molecular formula is C16H22ClN5. The molecule has 22 heavy (non-hydrogen) atoms. The van der Waals surface area contributed by atoms with Gasteiger partial charge in [0.1, 0.15) is 11.6 Å². The zero-order valence-electron chi connectivity index (χ0n) is 13.3. The third kappa shape index (κ3) is 3.24. The lowest BCUT2D eigenvalue weighted by molar-refractivity contribution is 0.518. The molecule has 0 aliphatic heterocycles. The second-order valence-corrected chi connectivity index (χ2v) is 7.26. The molecule has 1 aliphatic rings. The minimum atomic E-state index is -0.0685. The molecule has 1 fully saturated rings. The van der Waals surface area contributed by atoms with Gasteiger partial charge in [0, 0.05) is 24.0 Å². The minimum Gasteiger partial charge on any atom is -0.332 e. The van der Waals surface area contributed by atoms with Crippen molar-refractivity contribution in [2.75, 3.05) is 5.32 Å². The number of rotatable bonds is 3. The first-order valence-corrected chi connectivity index (χ1v) is 8.15. The molecule has 118 valence electrons. The fourth-order valence-corrected chi connectivity index (χ4v) is 3.06. The number of hydrogen-bond donors (Lipinski definition) is 1. The molecule has 5 nitrogen and oxygen atoms in total. The molecule has 1 aliphatic carbocycles. The predicted octanol–water partition coefficient (Wildman–Crippen LogP) is 4.48. The summed E-state index contributed by atoms with van der Waals surface area (Å²) in [7, 11) is 0. The van der Waals surface area contributed by atoms with Gasteiger partial charge in [0.2, 0.25) is 5.28 Å². The van der Waals surface area contributed by atoms with E-state index in [1.165, 1.54) is 25.7 Å². The maximum atomic E-state index is 5.95. The molecule has 3 rings (SSSR count). The minimum absolute atomic E-state index is 0.0685. The summed E-state index contributed by atoms with van der Waals surface area (Å²) in [6.07, 6.45) is 10.8. The summed E-state index contributed by atoms with van der Waals surface area (Å²) in [5, 5.41) is 3.54. The predicted molar refractivity (Wildman–Crippen MR) is 88.8 cm³/mol. The molecule has 0 bridgehead atoms. The second-order valence-electron chi connectivity index (χ2n) is 6.92. The van der Waals surface area contributed by atoms with Gasteiger partial charge < -0.3 is 9.88 Å². The van der Waals surface area contributed by atoms with Crippen LogP contribution in [-0.4, -0.2) is 19.5 Å². The molecule has 0 saturated heterocycles. The SMILES string of the molecule is CC(C)(C)c1cnc(Cl)nc1Nc1cn(C2CCCC2)cn1. The van der Waals surface area contributed by atoms with Gasteiger partial charge in [-0.15, -0.1) is 0 Å². The van der Waals surface area contributed by atoms with Gasteiger partial charge >= 0.3 is 0 Å². The fourth-order valence-electron chi connectivity index (χ4n) is 2.93. The molecular weight excluding hydrogens is 298 g/mol. The maximum Gasteiger partial charge on any atom is 0.224 e. The first kappa shape index (κ1) is 15.3. The van der Waals surface area contributed by atoms with Crippen molar-refractivity contribution in [2.24, 2.45) is 0 Å². The summed E-state index contributed by atoms with van der Waals surface area (Å²) < 4.78 is 2.20. The molecule has 0 spiro atoms. The van der Waals surface area contributed by atoms with E-state index in [4.69, 9.17) is 11.6 Å². The highest BCUT2D eigenvalue weighted by molar-refractivity contribution is 6.28. The monoisotopic (exact) mass is 319 g/mol. The Bertz CT molecular complexity index is 653. The molecule has 2 aromatic heterocycles. The van der Waals surface area contributed by atoms with Crippen molar-refractivity contribution >= 4 is 23.2 Å². The van der Waals surface area contributed by atoms with E-state index >= 15 is 0 Å². The van der Waals surface area contributed by atoms with E-state index in [-0.39, 0.29) is 10.7 Å². The van der Waals surface area contributed by atoms with Crippen molar-refractivity contribution in [2.45, 2.75) is 57.9 Å². The first-order chi connectivity index (χ1) is 10.4. The number of halogens is 1. The number of aromatic nitrogens is 4. The van der Waals surface area contributed by atoms with Crippen molar-refractivity contribution < 1.29 is 0 Å². The lowest BCUT2D eigenvalue weighted by Crippen LogP contribution is -2.15. The molecule has 0 atom stereocenters. The Balaban J connectivity index is 1.85. The summed E-state index contributed by atoms with van der Waals surface area (Å²) in [6, 6.07) is 0.583. The van der Waals surface area contributed by atoms with E-state index in [0.29, 0.717) is 6.04 Å². The third-order valence-electron chi connectivity index (χ3n) is 4.16. The van der Waals surface area contributed by atoms with E-state index in [9.17, 15) is 0 Å². The Morgan fingerprint density at radius 2 is 1.95 bits per heavy atom. The molecule has 0 amide bonds. The van der Waals surface area contributed by atoms with Crippen LogP contribution in [0.15, 0.2) is 18.7 Å².